The third-order valence-electron chi connectivity index (χ3n) is 3.02. The van der Waals surface area contributed by atoms with E-state index in [1.165, 1.54) is 14.1 Å². The summed E-state index contributed by atoms with van der Waals surface area (Å²) in [5.74, 6) is -1.72. The van der Waals surface area contributed by atoms with Crippen LogP contribution in [0.2, 0.25) is 0 Å². The van der Waals surface area contributed by atoms with Gasteiger partial charge in [-0.25, -0.2) is 22.3 Å². The third kappa shape index (κ3) is 6.66. The summed E-state index contributed by atoms with van der Waals surface area (Å²) in [5, 5.41) is 11.2. The number of amides is 1. The highest BCUT2D eigenvalue weighted by Crippen LogP contribution is 2.04. The summed E-state index contributed by atoms with van der Waals surface area (Å²) in [4.78, 5) is 22.8. The summed E-state index contributed by atoms with van der Waals surface area (Å²) in [6.07, 6.45) is -1.17. The Bertz CT molecular complexity index is 630. The lowest BCUT2D eigenvalue weighted by Gasteiger charge is -2.16. The Balaban J connectivity index is 2.52. The zero-order valence-corrected chi connectivity index (χ0v) is 13.7. The number of sulfonamides is 1. The molecule has 9 heteroatoms. The van der Waals surface area contributed by atoms with Gasteiger partial charge in [-0.3, -0.25) is 0 Å². The van der Waals surface area contributed by atoms with E-state index in [1.807, 2.05) is 6.07 Å². The topological polar surface area (TPSA) is 113 Å². The minimum absolute atomic E-state index is 0.00495. The molecule has 23 heavy (non-hydrogen) atoms. The number of hydrogen-bond donors (Lipinski definition) is 2. The quantitative estimate of drug-likeness (QED) is 0.716. The van der Waals surface area contributed by atoms with Crippen LogP contribution in [-0.4, -0.2) is 55.8 Å². The van der Waals surface area contributed by atoms with Gasteiger partial charge in [-0.05, 0) is 12.0 Å². The molecule has 1 unspecified atom stereocenters. The Kier molecular flexibility index (Phi) is 6.98. The van der Waals surface area contributed by atoms with Crippen LogP contribution in [0.4, 0.5) is 4.79 Å². The lowest BCUT2D eigenvalue weighted by atomic mass is 10.2. The van der Waals surface area contributed by atoms with Crippen molar-refractivity contribution in [2.75, 3.05) is 19.8 Å². The number of benzene rings is 1. The zero-order chi connectivity index (χ0) is 17.5. The molecule has 128 valence electrons. The number of aliphatic carboxylic acids is 1. The van der Waals surface area contributed by atoms with Gasteiger partial charge in [-0.2, -0.15) is 0 Å². The lowest BCUT2D eigenvalue weighted by molar-refractivity contribution is -0.139. The molecule has 0 fully saturated rings. The summed E-state index contributed by atoms with van der Waals surface area (Å²) < 4.78 is 29.2. The summed E-state index contributed by atoms with van der Waals surface area (Å²) in [6.45, 7) is -0.00495. The molecule has 0 bridgehead atoms. The molecule has 0 aliphatic carbocycles. The number of carboxylic acid groups (broad SMARTS) is 1. The molecule has 0 heterocycles. The molecule has 1 atom stereocenters. The second-order valence-corrected chi connectivity index (χ2v) is 7.29. The second kappa shape index (κ2) is 8.49. The SMILES string of the molecule is CN(C)S(=O)(=O)CCC(NC(=O)OCc1ccccc1)C(=O)O. The Hall–Kier alpha value is -2.13. The number of nitrogens with zero attached hydrogens (tertiary/aromatic N) is 1. The van der Waals surface area contributed by atoms with Crippen molar-refractivity contribution in [3.05, 3.63) is 35.9 Å². The number of carbonyl (C=O) groups is 2. The predicted molar refractivity (Wildman–Crippen MR) is 83.3 cm³/mol. The predicted octanol–water partition coefficient (Wildman–Crippen LogP) is 0.647. The van der Waals surface area contributed by atoms with Crippen LogP contribution in [0.5, 0.6) is 0 Å². The van der Waals surface area contributed by atoms with E-state index in [1.54, 1.807) is 24.3 Å². The van der Waals surface area contributed by atoms with Crippen LogP contribution in [0, 0.1) is 0 Å². The summed E-state index contributed by atoms with van der Waals surface area (Å²) in [6, 6.07) is 7.55. The highest BCUT2D eigenvalue weighted by Gasteiger charge is 2.24. The van der Waals surface area contributed by atoms with Gasteiger partial charge in [0.2, 0.25) is 10.0 Å². The van der Waals surface area contributed by atoms with E-state index in [0.29, 0.717) is 0 Å². The van der Waals surface area contributed by atoms with Gasteiger partial charge in [0.25, 0.3) is 0 Å². The van der Waals surface area contributed by atoms with Crippen LogP contribution >= 0.6 is 0 Å². The number of ether oxygens (including phenoxy) is 1. The minimum atomic E-state index is -3.54. The van der Waals surface area contributed by atoms with Crippen LogP contribution in [0.25, 0.3) is 0 Å². The molecule has 0 aliphatic heterocycles. The number of carboxylic acids is 1. The van der Waals surface area contributed by atoms with Crippen LogP contribution in [0.3, 0.4) is 0 Å². The monoisotopic (exact) mass is 344 g/mol. The zero-order valence-electron chi connectivity index (χ0n) is 12.9. The maximum Gasteiger partial charge on any atom is 0.408 e. The van der Waals surface area contributed by atoms with Crippen molar-refractivity contribution in [1.29, 1.82) is 0 Å². The average Bonchev–Trinajstić information content (AvgIpc) is 2.50. The molecule has 0 aliphatic rings. The van der Waals surface area contributed by atoms with Crippen molar-refractivity contribution < 1.29 is 27.9 Å². The van der Waals surface area contributed by atoms with E-state index < -0.39 is 33.9 Å². The number of hydrogen-bond acceptors (Lipinski definition) is 5. The van der Waals surface area contributed by atoms with Gasteiger partial charge in [-0.1, -0.05) is 30.3 Å². The summed E-state index contributed by atoms with van der Waals surface area (Å²) in [5.41, 5.74) is 0.754. The Morgan fingerprint density at radius 2 is 1.87 bits per heavy atom. The van der Waals surface area contributed by atoms with Crippen molar-refractivity contribution in [3.63, 3.8) is 0 Å². The first-order chi connectivity index (χ1) is 10.7. The molecule has 8 nitrogen and oxygen atoms in total. The number of alkyl carbamates (subject to hydrolysis) is 1. The van der Waals surface area contributed by atoms with Crippen LogP contribution in [0.1, 0.15) is 12.0 Å². The largest absolute Gasteiger partial charge is 0.480 e. The van der Waals surface area contributed by atoms with E-state index in [0.717, 1.165) is 9.87 Å². The first kappa shape index (κ1) is 18.9. The first-order valence-corrected chi connectivity index (χ1v) is 8.43. The smallest absolute Gasteiger partial charge is 0.408 e. The maximum absolute atomic E-state index is 11.6. The van der Waals surface area contributed by atoms with Gasteiger partial charge in [0.05, 0.1) is 5.75 Å². The minimum Gasteiger partial charge on any atom is -0.480 e. The third-order valence-corrected chi connectivity index (χ3v) is 4.89. The lowest BCUT2D eigenvalue weighted by Crippen LogP contribution is -2.42. The van der Waals surface area contributed by atoms with Crippen molar-refractivity contribution in [3.8, 4) is 0 Å². The molecule has 0 saturated heterocycles. The molecule has 0 aromatic heterocycles. The van der Waals surface area contributed by atoms with Crippen molar-refractivity contribution in [1.82, 2.24) is 9.62 Å². The van der Waals surface area contributed by atoms with Gasteiger partial charge in [0.1, 0.15) is 12.6 Å². The van der Waals surface area contributed by atoms with Gasteiger partial charge in [0.15, 0.2) is 0 Å². The molecular weight excluding hydrogens is 324 g/mol. The molecule has 1 aromatic carbocycles. The molecule has 0 radical (unpaired) electrons. The molecule has 1 rings (SSSR count). The van der Waals surface area contributed by atoms with Gasteiger partial charge in [-0.15, -0.1) is 0 Å². The Morgan fingerprint density at radius 3 is 2.39 bits per heavy atom. The van der Waals surface area contributed by atoms with Gasteiger partial charge in [0, 0.05) is 14.1 Å². The highest BCUT2D eigenvalue weighted by molar-refractivity contribution is 7.89. The van der Waals surface area contributed by atoms with Gasteiger partial charge < -0.3 is 15.2 Å². The standard InChI is InChI=1S/C14H20N2O6S/c1-16(2)23(20,21)9-8-12(13(17)18)15-14(19)22-10-11-6-4-3-5-7-11/h3-7,12H,8-10H2,1-2H3,(H,15,19)(H,17,18). The molecule has 1 amide bonds. The molecular formula is C14H20N2O6S. The van der Waals surface area contributed by atoms with E-state index in [2.05, 4.69) is 5.32 Å². The fraction of sp³-hybridized carbons (Fsp3) is 0.429. The van der Waals surface area contributed by atoms with E-state index >= 15 is 0 Å². The summed E-state index contributed by atoms with van der Waals surface area (Å²) >= 11 is 0. The van der Waals surface area contributed by atoms with Gasteiger partial charge >= 0.3 is 12.1 Å². The summed E-state index contributed by atoms with van der Waals surface area (Å²) in [7, 11) is -0.832. The van der Waals surface area contributed by atoms with E-state index in [9.17, 15) is 18.0 Å². The molecule has 1 aromatic rings. The van der Waals surface area contributed by atoms with E-state index in [-0.39, 0.29) is 13.0 Å². The molecule has 0 saturated carbocycles. The molecule has 2 N–H and O–H groups in total. The second-order valence-electron chi connectivity index (χ2n) is 4.98. The van der Waals surface area contributed by atoms with E-state index in [4.69, 9.17) is 9.84 Å². The molecule has 0 spiro atoms. The maximum atomic E-state index is 11.6. The van der Waals surface area contributed by atoms with Crippen LogP contribution in [-0.2, 0) is 26.2 Å². The van der Waals surface area contributed by atoms with Crippen molar-refractivity contribution >= 4 is 22.1 Å². The van der Waals surface area contributed by atoms with Crippen LogP contribution < -0.4 is 5.32 Å². The van der Waals surface area contributed by atoms with Crippen molar-refractivity contribution in [2.45, 2.75) is 19.1 Å². The fourth-order valence-electron chi connectivity index (χ4n) is 1.61. The number of carbonyl (C=O) groups excluding carboxylic acids is 1. The number of nitrogens with one attached hydrogen (secondary N) is 1. The van der Waals surface area contributed by atoms with Crippen molar-refractivity contribution in [2.24, 2.45) is 0 Å². The number of rotatable bonds is 8. The Labute approximate surface area is 135 Å². The van der Waals surface area contributed by atoms with Crippen LogP contribution in [0.15, 0.2) is 30.3 Å². The Morgan fingerprint density at radius 1 is 1.26 bits per heavy atom. The highest BCUT2D eigenvalue weighted by atomic mass is 32.2. The normalized spacial score (nSPS) is 12.7. The fourth-order valence-corrected chi connectivity index (χ4v) is 2.51. The first-order valence-electron chi connectivity index (χ1n) is 6.82. The average molecular weight is 344 g/mol.